The highest BCUT2D eigenvalue weighted by molar-refractivity contribution is 6.33. The molecule has 1 aromatic rings. The molecule has 0 bridgehead atoms. The highest BCUT2D eigenvalue weighted by Gasteiger charge is 2.06. The molecular weight excluding hydrogens is 216 g/mol. The van der Waals surface area contributed by atoms with E-state index in [9.17, 15) is 4.79 Å². The van der Waals surface area contributed by atoms with E-state index in [0.717, 1.165) is 11.9 Å². The average Bonchev–Trinajstić information content (AvgIpc) is 2.21. The lowest BCUT2D eigenvalue weighted by molar-refractivity contribution is 0.256. The second-order valence-corrected chi connectivity index (χ2v) is 3.22. The van der Waals surface area contributed by atoms with Crippen molar-refractivity contribution in [3.63, 3.8) is 0 Å². The number of hydrogen-bond donors (Lipinski definition) is 3. The fourth-order valence-electron chi connectivity index (χ4n) is 1.04. The van der Waals surface area contributed by atoms with E-state index in [4.69, 9.17) is 17.4 Å². The zero-order valence-electron chi connectivity index (χ0n) is 8.12. The third-order valence-corrected chi connectivity index (χ3v) is 2.05. The first-order valence-corrected chi connectivity index (χ1v) is 4.57. The predicted molar refractivity (Wildman–Crippen MR) is 61.0 cm³/mol. The van der Waals surface area contributed by atoms with Crippen LogP contribution in [0.25, 0.3) is 0 Å². The number of nitrogens with two attached hydrogens (primary N) is 1. The van der Waals surface area contributed by atoms with Crippen LogP contribution in [0.15, 0.2) is 23.3 Å². The summed E-state index contributed by atoms with van der Waals surface area (Å²) < 4.78 is 0. The summed E-state index contributed by atoms with van der Waals surface area (Å²) in [4.78, 5) is 11.2. The van der Waals surface area contributed by atoms with Gasteiger partial charge in [0.1, 0.15) is 6.34 Å². The van der Waals surface area contributed by atoms with Crippen molar-refractivity contribution in [2.75, 3.05) is 5.32 Å². The number of hydrazone groups is 1. The number of halogens is 1. The summed E-state index contributed by atoms with van der Waals surface area (Å²) in [7, 11) is 0. The summed E-state index contributed by atoms with van der Waals surface area (Å²) >= 11 is 5.91. The van der Waals surface area contributed by atoms with E-state index in [1.165, 1.54) is 0 Å². The lowest BCUT2D eigenvalue weighted by Crippen LogP contribution is -2.28. The van der Waals surface area contributed by atoms with Gasteiger partial charge in [-0.15, -0.1) is 0 Å². The summed E-state index contributed by atoms with van der Waals surface area (Å²) in [5, 5.41) is 8.51. The Kier molecular flexibility index (Phi) is 3.93. The van der Waals surface area contributed by atoms with Crippen LogP contribution in [0.2, 0.25) is 5.02 Å². The van der Waals surface area contributed by atoms with Crippen LogP contribution in [-0.4, -0.2) is 12.4 Å². The van der Waals surface area contributed by atoms with Crippen LogP contribution < -0.4 is 16.5 Å². The summed E-state index contributed by atoms with van der Waals surface area (Å²) in [6.07, 6.45) is 1.08. The number of amides is 2. The lowest BCUT2D eigenvalue weighted by Gasteiger charge is -2.09. The van der Waals surface area contributed by atoms with Gasteiger partial charge in [-0.3, -0.25) is 5.32 Å². The molecule has 0 radical (unpaired) electrons. The Morgan fingerprint density at radius 1 is 1.60 bits per heavy atom. The van der Waals surface area contributed by atoms with E-state index in [0.29, 0.717) is 10.7 Å². The monoisotopic (exact) mass is 226 g/mol. The standard InChI is InChI=1S/C9H11ClN4O/c1-6-3-2-4-7(10)8(6)14-9(15)12-5-13-11/h2-5H,11H2,1H3,(H2,12,13,14,15). The second-order valence-electron chi connectivity index (χ2n) is 2.81. The van der Waals surface area contributed by atoms with Crippen molar-refractivity contribution in [1.29, 1.82) is 0 Å². The Bertz CT molecular complexity index is 371. The number of benzene rings is 1. The van der Waals surface area contributed by atoms with Gasteiger partial charge in [-0.2, -0.15) is 5.10 Å². The molecule has 15 heavy (non-hydrogen) atoms. The first kappa shape index (κ1) is 11.3. The van der Waals surface area contributed by atoms with Gasteiger partial charge < -0.3 is 11.2 Å². The minimum Gasteiger partial charge on any atom is -0.322 e. The van der Waals surface area contributed by atoms with Gasteiger partial charge in [0, 0.05) is 0 Å². The molecule has 0 heterocycles. The van der Waals surface area contributed by atoms with Gasteiger partial charge in [0.05, 0.1) is 10.7 Å². The van der Waals surface area contributed by atoms with Crippen LogP contribution in [0.1, 0.15) is 5.56 Å². The average molecular weight is 227 g/mol. The zero-order chi connectivity index (χ0) is 11.3. The first-order valence-electron chi connectivity index (χ1n) is 4.19. The second kappa shape index (κ2) is 5.21. The minimum absolute atomic E-state index is 0.444. The Labute approximate surface area is 92.3 Å². The number of aryl methyl sites for hydroxylation is 1. The van der Waals surface area contributed by atoms with Gasteiger partial charge in [0.15, 0.2) is 0 Å². The maximum atomic E-state index is 11.2. The van der Waals surface area contributed by atoms with E-state index >= 15 is 0 Å². The number of anilines is 1. The number of hydrogen-bond acceptors (Lipinski definition) is 3. The summed E-state index contributed by atoms with van der Waals surface area (Å²) in [6.45, 7) is 1.85. The predicted octanol–water partition coefficient (Wildman–Crippen LogP) is 1.67. The highest BCUT2D eigenvalue weighted by Crippen LogP contribution is 2.24. The third-order valence-electron chi connectivity index (χ3n) is 1.73. The molecule has 0 unspecified atom stereocenters. The fraction of sp³-hybridized carbons (Fsp3) is 0.111. The molecule has 0 fully saturated rings. The van der Waals surface area contributed by atoms with E-state index in [1.807, 2.05) is 19.1 Å². The van der Waals surface area contributed by atoms with Crippen molar-refractivity contribution in [3.8, 4) is 0 Å². The number of nitrogens with zero attached hydrogens (tertiary/aromatic N) is 1. The molecule has 0 aliphatic heterocycles. The van der Waals surface area contributed by atoms with Crippen molar-refractivity contribution in [3.05, 3.63) is 28.8 Å². The SMILES string of the molecule is Cc1cccc(Cl)c1NC(=O)NC=NN. The molecule has 0 saturated carbocycles. The molecule has 0 atom stereocenters. The number of nitrogens with one attached hydrogen (secondary N) is 2. The normalized spacial score (nSPS) is 10.3. The van der Waals surface area contributed by atoms with E-state index in [1.54, 1.807) is 6.07 Å². The van der Waals surface area contributed by atoms with Crippen LogP contribution in [0, 0.1) is 6.92 Å². The zero-order valence-corrected chi connectivity index (χ0v) is 8.88. The molecular formula is C9H11ClN4O. The van der Waals surface area contributed by atoms with Gasteiger partial charge in [0.25, 0.3) is 0 Å². The molecule has 6 heteroatoms. The fourth-order valence-corrected chi connectivity index (χ4v) is 1.30. The molecule has 0 aliphatic rings. The third kappa shape index (κ3) is 3.14. The first-order chi connectivity index (χ1) is 7.15. The van der Waals surface area contributed by atoms with Crippen LogP contribution in [0.4, 0.5) is 10.5 Å². The number of urea groups is 1. The number of rotatable bonds is 2. The van der Waals surface area contributed by atoms with Gasteiger partial charge >= 0.3 is 6.03 Å². The number of carbonyl (C=O) groups is 1. The van der Waals surface area contributed by atoms with Gasteiger partial charge in [0.2, 0.25) is 0 Å². The summed E-state index contributed by atoms with van der Waals surface area (Å²) in [5.41, 5.74) is 1.45. The van der Waals surface area contributed by atoms with Crippen LogP contribution in [-0.2, 0) is 0 Å². The molecule has 1 rings (SSSR count). The van der Waals surface area contributed by atoms with E-state index < -0.39 is 6.03 Å². The Morgan fingerprint density at radius 2 is 2.33 bits per heavy atom. The topological polar surface area (TPSA) is 79.5 Å². The molecule has 2 amide bonds. The maximum Gasteiger partial charge on any atom is 0.324 e. The maximum absolute atomic E-state index is 11.2. The van der Waals surface area contributed by atoms with Gasteiger partial charge in [-0.05, 0) is 18.6 Å². The van der Waals surface area contributed by atoms with Crippen molar-refractivity contribution >= 4 is 29.7 Å². The van der Waals surface area contributed by atoms with Crippen LogP contribution in [0.5, 0.6) is 0 Å². The lowest BCUT2D eigenvalue weighted by atomic mass is 10.2. The van der Waals surface area contributed by atoms with Crippen molar-refractivity contribution in [2.45, 2.75) is 6.92 Å². The molecule has 80 valence electrons. The van der Waals surface area contributed by atoms with Crippen LogP contribution in [0.3, 0.4) is 0 Å². The smallest absolute Gasteiger partial charge is 0.322 e. The molecule has 5 nitrogen and oxygen atoms in total. The summed E-state index contributed by atoms with van der Waals surface area (Å²) in [5.74, 6) is 4.83. The Morgan fingerprint density at radius 3 is 2.93 bits per heavy atom. The van der Waals surface area contributed by atoms with E-state index in [2.05, 4.69) is 15.7 Å². The molecule has 0 saturated heterocycles. The molecule has 0 aliphatic carbocycles. The Hall–Kier alpha value is -1.75. The molecule has 4 N–H and O–H groups in total. The van der Waals surface area contributed by atoms with E-state index in [-0.39, 0.29) is 0 Å². The minimum atomic E-state index is -0.444. The van der Waals surface area contributed by atoms with Crippen molar-refractivity contribution < 1.29 is 4.79 Å². The van der Waals surface area contributed by atoms with Crippen molar-refractivity contribution in [1.82, 2.24) is 5.32 Å². The van der Waals surface area contributed by atoms with Crippen LogP contribution >= 0.6 is 11.6 Å². The quantitative estimate of drug-likeness (QED) is 0.310. The molecule has 1 aromatic carbocycles. The summed E-state index contributed by atoms with van der Waals surface area (Å²) in [6, 6.07) is 4.90. The van der Waals surface area contributed by atoms with Crippen molar-refractivity contribution in [2.24, 2.45) is 10.9 Å². The van der Waals surface area contributed by atoms with Gasteiger partial charge in [-0.1, -0.05) is 23.7 Å². The highest BCUT2D eigenvalue weighted by atomic mass is 35.5. The molecule has 0 spiro atoms. The number of carbonyl (C=O) groups excluding carboxylic acids is 1. The largest absolute Gasteiger partial charge is 0.324 e. The van der Waals surface area contributed by atoms with Gasteiger partial charge in [-0.25, -0.2) is 4.79 Å². The number of para-hydroxylation sites is 1. The Balaban J connectivity index is 2.76. The molecule has 0 aromatic heterocycles.